The smallest absolute Gasteiger partial charge is 0.164 e. The number of fused-ring (bicyclic) bond motifs is 4. The Morgan fingerprint density at radius 1 is 0.447 bits per heavy atom. The number of hydrogen-bond donors (Lipinski definition) is 0. The molecule has 0 aliphatic carbocycles. The van der Waals surface area contributed by atoms with Gasteiger partial charge in [-0.15, -0.1) is 0 Å². The zero-order chi connectivity index (χ0) is 51.2. The van der Waals surface area contributed by atoms with Gasteiger partial charge in [-0.2, -0.15) is 0 Å². The van der Waals surface area contributed by atoms with Crippen LogP contribution in [0.25, 0.3) is 89.1 Å². The van der Waals surface area contributed by atoms with E-state index in [9.17, 15) is 2.74 Å². The molecule has 0 spiro atoms. The van der Waals surface area contributed by atoms with Gasteiger partial charge in [0.1, 0.15) is 11.2 Å². The van der Waals surface area contributed by atoms with Crippen molar-refractivity contribution in [2.24, 2.45) is 0 Å². The molecule has 2 heterocycles. The fraction of sp³-hybridized carbons (Fsp3) is 0. The van der Waals surface area contributed by atoms with Crippen LogP contribution in [0.2, 0.25) is 0 Å². The van der Waals surface area contributed by atoms with Gasteiger partial charge < -0.3 is 4.42 Å². The molecule has 0 radical (unpaired) electrons. The summed E-state index contributed by atoms with van der Waals surface area (Å²) in [5.74, 6) is -1.66. The average molecular weight is 625 g/mol. The van der Waals surface area contributed by atoms with Crippen molar-refractivity contribution in [2.75, 3.05) is 0 Å². The second kappa shape index (κ2) is 11.2. The molecule has 9 aromatic rings. The lowest BCUT2D eigenvalue weighted by Crippen LogP contribution is -2.00. The predicted octanol–water partition coefficient (Wildman–Crippen LogP) is 11.3. The average Bonchev–Trinajstić information content (AvgIpc) is 3.74. The first-order chi connectivity index (χ1) is 32.8. The summed E-state index contributed by atoms with van der Waals surface area (Å²) in [5, 5.41) is -1.43. The van der Waals surface area contributed by atoms with Crippen LogP contribution in [0.1, 0.15) is 31.5 Å². The van der Waals surface area contributed by atoms with Crippen LogP contribution < -0.4 is 0 Å². The molecule has 4 heteroatoms. The zero-order valence-electron chi connectivity index (χ0n) is 46.6. The summed E-state index contributed by atoms with van der Waals surface area (Å²) in [7, 11) is 0. The molecule has 2 aromatic heterocycles. The predicted molar refractivity (Wildman–Crippen MR) is 192 cm³/mol. The van der Waals surface area contributed by atoms with Gasteiger partial charge in [0.05, 0.1) is 31.5 Å². The second-order valence-electron chi connectivity index (χ2n) is 9.90. The van der Waals surface area contributed by atoms with Crippen LogP contribution in [0.4, 0.5) is 0 Å². The highest BCUT2D eigenvalue weighted by atomic mass is 16.3. The maximum absolute atomic E-state index is 9.29. The fourth-order valence-corrected chi connectivity index (χ4v) is 5.05. The number of para-hydroxylation sites is 1. The van der Waals surface area contributed by atoms with Crippen LogP contribution in [0.15, 0.2) is 168 Å². The summed E-state index contributed by atoms with van der Waals surface area (Å²) < 4.78 is 205. The van der Waals surface area contributed by atoms with Crippen molar-refractivity contribution >= 4 is 32.7 Å². The Morgan fingerprint density at radius 2 is 1.11 bits per heavy atom. The molecule has 0 saturated carbocycles. The number of rotatable bonds is 5. The van der Waals surface area contributed by atoms with E-state index in [-0.39, 0.29) is 38.6 Å². The van der Waals surface area contributed by atoms with Crippen LogP contribution >= 0.6 is 0 Å². The van der Waals surface area contributed by atoms with Gasteiger partial charge in [-0.25, -0.2) is 15.0 Å². The first kappa shape index (κ1) is 12.4. The SMILES string of the molecule is [2H]c1c([2H])c([2H])c(-c2nc(-c3cccc(-c4c([2H])c([2H])c([2H])c5oc6c([2H])c([2H])c([2H])c([2H])c6c45)c3)nc(-c3c([2H])c([2H])c([2H])c4c([2H])c(-c5c([2H])c([2H])c([2H])c([2H])c5[2H])c([2H])c([2H])c34)n2)c([2H])c1[2H]. The Labute approximate surface area is 304 Å². The molecule has 0 bridgehead atoms. The Morgan fingerprint density at radius 3 is 1.96 bits per heavy atom. The topological polar surface area (TPSA) is 51.8 Å². The highest BCUT2D eigenvalue weighted by Gasteiger charge is 2.17. The Hall–Kier alpha value is -6.39. The molecule has 0 atom stereocenters. The van der Waals surface area contributed by atoms with E-state index in [0.717, 1.165) is 0 Å². The van der Waals surface area contributed by atoms with Crippen molar-refractivity contribution in [1.82, 2.24) is 15.0 Å². The van der Waals surface area contributed by atoms with Crippen molar-refractivity contribution in [2.45, 2.75) is 0 Å². The maximum atomic E-state index is 9.29. The van der Waals surface area contributed by atoms with E-state index in [1.54, 1.807) is 0 Å². The molecule has 220 valence electrons. The molecular formula is C43H27N3O. The molecule has 9 rings (SSSR count). The molecule has 4 nitrogen and oxygen atoms in total. The lowest BCUT2D eigenvalue weighted by Gasteiger charge is -2.12. The lowest BCUT2D eigenvalue weighted by molar-refractivity contribution is 0.669. The first-order valence-electron chi connectivity index (χ1n) is 25.3. The molecule has 0 saturated heterocycles. The van der Waals surface area contributed by atoms with E-state index in [2.05, 4.69) is 15.0 Å². The van der Waals surface area contributed by atoms with E-state index in [1.165, 1.54) is 24.3 Å². The minimum Gasteiger partial charge on any atom is -0.456 e. The standard InChI is InChI=1S/C43H27N3O/c1-3-12-28(13-4-1)30-24-25-34-31(26-30)17-10-21-36(34)43-45-41(29-14-5-2-6-15-29)44-42(46-43)33-18-9-16-32(27-33)35-20-11-23-39-40(35)37-19-7-8-22-38(37)47-39/h1-27H/i1D,2D,3D,4D,5D,6D,7D,8D,10D,11D,12D,13D,14D,15D,17D,19D,20D,21D,22D,23D,24D,25D,26D. The summed E-state index contributed by atoms with van der Waals surface area (Å²) in [6, 6.07) is -11.6. The van der Waals surface area contributed by atoms with Crippen LogP contribution in [-0.4, -0.2) is 15.0 Å². The Kier molecular flexibility index (Phi) is 2.96. The fourth-order valence-electron chi connectivity index (χ4n) is 5.05. The largest absolute Gasteiger partial charge is 0.456 e. The van der Waals surface area contributed by atoms with Crippen molar-refractivity contribution in [3.05, 3.63) is 163 Å². The van der Waals surface area contributed by atoms with E-state index in [0.29, 0.717) is 0 Å². The van der Waals surface area contributed by atoms with Gasteiger partial charge in [-0.05, 0) is 57.2 Å². The highest BCUT2D eigenvalue weighted by Crippen LogP contribution is 2.38. The Bertz CT molecular complexity index is 3830. The van der Waals surface area contributed by atoms with Crippen LogP contribution in [0.5, 0.6) is 0 Å². The number of aromatic nitrogens is 3. The number of benzene rings is 7. The minimum absolute atomic E-state index is 0.00511. The summed E-state index contributed by atoms with van der Waals surface area (Å²) in [5.41, 5.74) is -3.17. The molecule has 0 aliphatic rings. The molecule has 0 N–H and O–H groups in total. The van der Waals surface area contributed by atoms with Crippen LogP contribution in [-0.2, 0) is 0 Å². The summed E-state index contributed by atoms with van der Waals surface area (Å²) >= 11 is 0. The molecule has 0 aliphatic heterocycles. The van der Waals surface area contributed by atoms with Gasteiger partial charge in [-0.1, -0.05) is 139 Å². The van der Waals surface area contributed by atoms with E-state index < -0.39 is 189 Å². The van der Waals surface area contributed by atoms with E-state index in [4.69, 9.17) is 33.2 Å². The summed E-state index contributed by atoms with van der Waals surface area (Å²) in [6.07, 6.45) is 0. The maximum Gasteiger partial charge on any atom is 0.164 e. The third-order valence-electron chi connectivity index (χ3n) is 7.13. The molecule has 47 heavy (non-hydrogen) atoms. The quantitative estimate of drug-likeness (QED) is 0.191. The van der Waals surface area contributed by atoms with Gasteiger partial charge in [0, 0.05) is 27.5 Å². The van der Waals surface area contributed by atoms with Crippen molar-refractivity contribution in [3.63, 3.8) is 0 Å². The van der Waals surface area contributed by atoms with Gasteiger partial charge in [0.15, 0.2) is 17.5 Å². The van der Waals surface area contributed by atoms with Crippen molar-refractivity contribution in [1.29, 1.82) is 0 Å². The van der Waals surface area contributed by atoms with Crippen LogP contribution in [0, 0.1) is 0 Å². The highest BCUT2D eigenvalue weighted by molar-refractivity contribution is 6.12. The summed E-state index contributed by atoms with van der Waals surface area (Å²) in [6.45, 7) is 0. The van der Waals surface area contributed by atoms with Crippen LogP contribution in [0.3, 0.4) is 0 Å². The molecule has 0 fully saturated rings. The second-order valence-corrected chi connectivity index (χ2v) is 9.90. The molecule has 0 amide bonds. The van der Waals surface area contributed by atoms with Gasteiger partial charge in [-0.3, -0.25) is 0 Å². The first-order valence-corrected chi connectivity index (χ1v) is 13.8. The molecule has 0 unspecified atom stereocenters. The van der Waals surface area contributed by atoms with E-state index in [1.807, 2.05) is 0 Å². The molecule has 7 aromatic carbocycles. The normalized spacial score (nSPS) is 18.3. The third kappa shape index (κ3) is 4.84. The minimum atomic E-state index is -0.886. The molecular weight excluding hydrogens is 574 g/mol. The Balaban J connectivity index is 1.39. The van der Waals surface area contributed by atoms with Gasteiger partial charge >= 0.3 is 0 Å². The van der Waals surface area contributed by atoms with Gasteiger partial charge in [0.25, 0.3) is 0 Å². The number of hydrogen-bond acceptors (Lipinski definition) is 4. The lowest BCUT2D eigenvalue weighted by atomic mass is 9.97. The van der Waals surface area contributed by atoms with Crippen molar-refractivity contribution < 1.29 is 35.9 Å². The van der Waals surface area contributed by atoms with E-state index >= 15 is 0 Å². The third-order valence-corrected chi connectivity index (χ3v) is 7.13. The summed E-state index contributed by atoms with van der Waals surface area (Å²) in [4.78, 5) is 13.5. The monoisotopic (exact) mass is 624 g/mol. The van der Waals surface area contributed by atoms with Gasteiger partial charge in [0.2, 0.25) is 0 Å². The zero-order valence-corrected chi connectivity index (χ0v) is 23.6. The number of furan rings is 1. The van der Waals surface area contributed by atoms with Crippen molar-refractivity contribution in [3.8, 4) is 56.4 Å². The number of nitrogens with zero attached hydrogens (tertiary/aromatic N) is 3.